The molecule has 0 radical (unpaired) electrons. The Morgan fingerprint density at radius 2 is 2.03 bits per heavy atom. The van der Waals surface area contributed by atoms with Gasteiger partial charge in [-0.3, -0.25) is 0 Å². The maximum atomic E-state index is 13.2. The summed E-state index contributed by atoms with van der Waals surface area (Å²) in [4.78, 5) is 19.9. The van der Waals surface area contributed by atoms with Crippen molar-refractivity contribution in [3.8, 4) is 17.3 Å². The first-order valence-corrected chi connectivity index (χ1v) is 11.3. The summed E-state index contributed by atoms with van der Waals surface area (Å²) in [5.41, 5.74) is 0.937. The molecule has 0 aliphatic carbocycles. The number of halogens is 3. The van der Waals surface area contributed by atoms with E-state index in [-0.39, 0.29) is 34.3 Å². The van der Waals surface area contributed by atoms with E-state index in [4.69, 9.17) is 0 Å². The molecule has 12 heteroatoms. The smallest absolute Gasteiger partial charge is 0.366 e. The van der Waals surface area contributed by atoms with Gasteiger partial charge in [-0.05, 0) is 37.6 Å². The molecule has 4 aromatic rings. The van der Waals surface area contributed by atoms with E-state index in [1.54, 1.807) is 6.20 Å². The standard InChI is InChI=1S/C24H22F3N9/c1-13(14-2-3-20(30-8-14)35-17-4-5-29-11-17)34-23-33-9-15(7-28)21(36-23)19-12-32-22-18(19)6-16(10-31-22)24(25,26)27/h2-3,6,8-10,12-13,17,29H,4-5,11H2,1H3,(H,30,35)(H,31,32)(H,33,34,36). The Morgan fingerprint density at radius 3 is 2.72 bits per heavy atom. The predicted octanol–water partition coefficient (Wildman–Crippen LogP) is 4.25. The number of hydrogen-bond donors (Lipinski definition) is 4. The van der Waals surface area contributed by atoms with Gasteiger partial charge in [0, 0.05) is 42.1 Å². The van der Waals surface area contributed by atoms with Crippen LogP contribution in [-0.2, 0) is 6.18 Å². The van der Waals surface area contributed by atoms with Crippen LogP contribution in [0.3, 0.4) is 0 Å². The summed E-state index contributed by atoms with van der Waals surface area (Å²) < 4.78 is 39.7. The maximum absolute atomic E-state index is 13.2. The number of hydrogen-bond acceptors (Lipinski definition) is 8. The van der Waals surface area contributed by atoms with Gasteiger partial charge in [-0.15, -0.1) is 0 Å². The van der Waals surface area contributed by atoms with E-state index in [0.717, 1.165) is 43.2 Å². The molecule has 0 bridgehead atoms. The van der Waals surface area contributed by atoms with E-state index in [0.29, 0.717) is 11.6 Å². The number of nitriles is 1. The number of fused-ring (bicyclic) bond motifs is 1. The number of nitrogens with zero attached hydrogens (tertiary/aromatic N) is 5. The summed E-state index contributed by atoms with van der Waals surface area (Å²) in [6.07, 6.45) is 1.86. The Labute approximate surface area is 204 Å². The molecule has 9 nitrogen and oxygen atoms in total. The first kappa shape index (κ1) is 23.5. The molecule has 2 atom stereocenters. The highest BCUT2D eigenvalue weighted by Gasteiger charge is 2.31. The van der Waals surface area contributed by atoms with Gasteiger partial charge < -0.3 is 20.9 Å². The van der Waals surface area contributed by atoms with Crippen LogP contribution < -0.4 is 16.0 Å². The van der Waals surface area contributed by atoms with E-state index >= 15 is 0 Å². The zero-order valence-electron chi connectivity index (χ0n) is 19.2. The lowest BCUT2D eigenvalue weighted by atomic mass is 10.1. The van der Waals surface area contributed by atoms with Crippen molar-refractivity contribution in [1.29, 1.82) is 5.26 Å². The Balaban J connectivity index is 1.40. The van der Waals surface area contributed by atoms with Crippen LogP contribution in [0.5, 0.6) is 0 Å². The normalized spacial score (nSPS) is 16.6. The fourth-order valence-corrected chi connectivity index (χ4v) is 4.10. The summed E-state index contributed by atoms with van der Waals surface area (Å²) in [5.74, 6) is 1.02. The third-order valence-corrected chi connectivity index (χ3v) is 6.07. The van der Waals surface area contributed by atoms with E-state index in [9.17, 15) is 18.4 Å². The molecule has 36 heavy (non-hydrogen) atoms. The third-order valence-electron chi connectivity index (χ3n) is 6.07. The molecular weight excluding hydrogens is 471 g/mol. The molecule has 0 spiro atoms. The van der Waals surface area contributed by atoms with Gasteiger partial charge in [-0.25, -0.2) is 19.9 Å². The molecule has 5 rings (SSSR count). The number of anilines is 2. The fraction of sp³-hybridized carbons (Fsp3) is 0.292. The molecule has 1 aliphatic rings. The number of pyridine rings is 2. The predicted molar refractivity (Wildman–Crippen MR) is 128 cm³/mol. The van der Waals surface area contributed by atoms with Gasteiger partial charge >= 0.3 is 6.18 Å². The lowest BCUT2D eigenvalue weighted by molar-refractivity contribution is -0.137. The van der Waals surface area contributed by atoms with Crippen LogP contribution in [0.25, 0.3) is 22.3 Å². The summed E-state index contributed by atoms with van der Waals surface area (Å²) in [5, 5.41) is 19.7. The van der Waals surface area contributed by atoms with Crippen LogP contribution in [0.1, 0.15) is 36.1 Å². The Hall–Kier alpha value is -4.24. The molecular formula is C24H22F3N9. The minimum absolute atomic E-state index is 0.130. The number of nitrogens with one attached hydrogen (secondary N) is 4. The van der Waals surface area contributed by atoms with Crippen molar-refractivity contribution < 1.29 is 13.2 Å². The van der Waals surface area contributed by atoms with Crippen molar-refractivity contribution in [2.24, 2.45) is 0 Å². The number of aromatic nitrogens is 5. The molecule has 1 aliphatic heterocycles. The zero-order valence-corrected chi connectivity index (χ0v) is 19.2. The van der Waals surface area contributed by atoms with Crippen LogP contribution in [0.15, 0.2) is 43.0 Å². The van der Waals surface area contributed by atoms with Gasteiger partial charge in [0.1, 0.15) is 17.5 Å². The number of aromatic amines is 1. The summed E-state index contributed by atoms with van der Waals surface area (Å²) in [7, 11) is 0. The van der Waals surface area contributed by atoms with Gasteiger partial charge in [0.2, 0.25) is 5.95 Å². The summed E-state index contributed by atoms with van der Waals surface area (Å²) >= 11 is 0. The molecule has 0 amide bonds. The Morgan fingerprint density at radius 1 is 1.17 bits per heavy atom. The molecule has 184 valence electrons. The lowest BCUT2D eigenvalue weighted by Crippen LogP contribution is -2.22. The van der Waals surface area contributed by atoms with Gasteiger partial charge in [0.25, 0.3) is 0 Å². The summed E-state index contributed by atoms with van der Waals surface area (Å²) in [6, 6.07) is 7.00. The van der Waals surface area contributed by atoms with Crippen molar-refractivity contribution in [2.75, 3.05) is 23.7 Å². The minimum Gasteiger partial charge on any atom is -0.366 e. The number of alkyl halides is 3. The van der Waals surface area contributed by atoms with E-state index in [2.05, 4.69) is 40.9 Å². The first-order valence-electron chi connectivity index (χ1n) is 11.3. The van der Waals surface area contributed by atoms with Crippen molar-refractivity contribution >= 4 is 22.8 Å². The Kier molecular flexibility index (Phi) is 6.15. The number of H-pyrrole nitrogens is 1. The quantitative estimate of drug-likeness (QED) is 0.314. The average Bonchev–Trinajstić information content (AvgIpc) is 3.53. The van der Waals surface area contributed by atoms with Crippen LogP contribution in [0, 0.1) is 11.3 Å². The second-order valence-corrected chi connectivity index (χ2v) is 8.56. The fourth-order valence-electron chi connectivity index (χ4n) is 4.10. The monoisotopic (exact) mass is 493 g/mol. The van der Waals surface area contributed by atoms with Gasteiger partial charge in [-0.1, -0.05) is 6.07 Å². The Bertz CT molecular complexity index is 1420. The average molecular weight is 493 g/mol. The highest BCUT2D eigenvalue weighted by atomic mass is 19.4. The third kappa shape index (κ3) is 4.78. The van der Waals surface area contributed by atoms with E-state index < -0.39 is 11.7 Å². The second-order valence-electron chi connectivity index (χ2n) is 8.56. The highest BCUT2D eigenvalue weighted by Crippen LogP contribution is 2.35. The minimum atomic E-state index is -4.55. The van der Waals surface area contributed by atoms with Crippen molar-refractivity contribution in [3.05, 3.63) is 59.7 Å². The topological polar surface area (TPSA) is 127 Å². The second kappa shape index (κ2) is 9.43. The maximum Gasteiger partial charge on any atom is 0.417 e. The van der Waals surface area contributed by atoms with Gasteiger partial charge in [-0.2, -0.15) is 18.4 Å². The van der Waals surface area contributed by atoms with Gasteiger partial charge in [0.15, 0.2) is 0 Å². The molecule has 1 saturated heterocycles. The molecule has 2 unspecified atom stereocenters. The van der Waals surface area contributed by atoms with Crippen LogP contribution >= 0.6 is 0 Å². The van der Waals surface area contributed by atoms with Crippen molar-refractivity contribution in [3.63, 3.8) is 0 Å². The molecule has 0 aromatic carbocycles. The molecule has 1 fully saturated rings. The zero-order chi connectivity index (χ0) is 25.3. The van der Waals surface area contributed by atoms with E-state index in [1.165, 1.54) is 12.4 Å². The van der Waals surface area contributed by atoms with Crippen LogP contribution in [-0.4, -0.2) is 44.1 Å². The molecule has 0 saturated carbocycles. The summed E-state index contributed by atoms with van der Waals surface area (Å²) in [6.45, 7) is 3.81. The largest absolute Gasteiger partial charge is 0.417 e. The van der Waals surface area contributed by atoms with Crippen molar-refractivity contribution in [1.82, 2.24) is 30.2 Å². The first-order chi connectivity index (χ1) is 17.3. The van der Waals surface area contributed by atoms with Crippen LogP contribution in [0.2, 0.25) is 0 Å². The van der Waals surface area contributed by atoms with Crippen molar-refractivity contribution in [2.45, 2.75) is 31.6 Å². The van der Waals surface area contributed by atoms with E-state index in [1.807, 2.05) is 25.1 Å². The number of rotatable bonds is 6. The highest BCUT2D eigenvalue weighted by molar-refractivity contribution is 5.94. The lowest BCUT2D eigenvalue weighted by Gasteiger charge is -2.16. The SMILES string of the molecule is CC(Nc1ncc(C#N)c(-c2c[nH]c3ncc(C(F)(F)F)cc23)n1)c1ccc(NC2CCNC2)nc1. The molecule has 4 aromatic heterocycles. The molecule has 5 heterocycles. The van der Waals surface area contributed by atoms with Crippen LogP contribution in [0.4, 0.5) is 24.9 Å². The van der Waals surface area contributed by atoms with Gasteiger partial charge in [0.05, 0.1) is 29.1 Å². The molecule has 4 N–H and O–H groups in total.